The van der Waals surface area contributed by atoms with E-state index >= 15 is 0 Å². The quantitative estimate of drug-likeness (QED) is 0.359. The molecule has 1 unspecified atom stereocenters. The molecule has 1 N–H and O–H groups in total. The number of nitrogens with one attached hydrogen (secondary N) is 1. The standard InChI is InChI=1S/C21H24N2O7/c1-14(2)30-21(25)12-18(17-6-4-5-7-19(17)23(26)27)22-20(24)13-29-16-10-8-15(28-3)9-11-16/h4-11,14,18H,12-13H2,1-3H3,(H,22,24). The first-order valence-corrected chi connectivity index (χ1v) is 9.29. The molecule has 0 aliphatic rings. The molecule has 9 heteroatoms. The van der Waals surface area contributed by atoms with E-state index in [9.17, 15) is 19.7 Å². The van der Waals surface area contributed by atoms with Crippen molar-refractivity contribution >= 4 is 17.6 Å². The van der Waals surface area contributed by atoms with Gasteiger partial charge in [0.05, 0.1) is 36.2 Å². The molecule has 30 heavy (non-hydrogen) atoms. The van der Waals surface area contributed by atoms with Gasteiger partial charge >= 0.3 is 5.97 Å². The van der Waals surface area contributed by atoms with Gasteiger partial charge < -0.3 is 19.5 Å². The van der Waals surface area contributed by atoms with Gasteiger partial charge in [0.1, 0.15) is 11.5 Å². The zero-order valence-electron chi connectivity index (χ0n) is 17.0. The van der Waals surface area contributed by atoms with Crippen molar-refractivity contribution in [3.63, 3.8) is 0 Å². The Morgan fingerprint density at radius 3 is 2.30 bits per heavy atom. The first-order valence-electron chi connectivity index (χ1n) is 9.29. The summed E-state index contributed by atoms with van der Waals surface area (Å²) in [6, 6.07) is 11.6. The number of rotatable bonds is 10. The number of nitro groups is 1. The number of esters is 1. The van der Waals surface area contributed by atoms with Gasteiger partial charge in [0.15, 0.2) is 6.61 Å². The van der Waals surface area contributed by atoms with Crippen molar-refractivity contribution in [2.24, 2.45) is 0 Å². The molecule has 0 bridgehead atoms. The molecule has 0 aromatic heterocycles. The maximum absolute atomic E-state index is 12.4. The van der Waals surface area contributed by atoms with Gasteiger partial charge in [0.2, 0.25) is 0 Å². The zero-order valence-corrected chi connectivity index (χ0v) is 17.0. The fourth-order valence-electron chi connectivity index (χ4n) is 2.72. The lowest BCUT2D eigenvalue weighted by Crippen LogP contribution is -2.34. The molecule has 2 rings (SSSR count). The van der Waals surface area contributed by atoms with Crippen LogP contribution in [0.5, 0.6) is 11.5 Å². The SMILES string of the molecule is COc1ccc(OCC(=O)NC(CC(=O)OC(C)C)c2ccccc2[N+](=O)[O-])cc1. The second-order valence-electron chi connectivity index (χ2n) is 6.64. The fourth-order valence-corrected chi connectivity index (χ4v) is 2.72. The number of methoxy groups -OCH3 is 1. The molecule has 1 amide bonds. The van der Waals surface area contributed by atoms with Gasteiger partial charge in [-0.05, 0) is 38.1 Å². The second kappa shape index (κ2) is 10.8. The number of nitrogens with zero attached hydrogens (tertiary/aromatic N) is 1. The third-order valence-corrected chi connectivity index (χ3v) is 4.01. The minimum atomic E-state index is -0.940. The van der Waals surface area contributed by atoms with Crippen LogP contribution >= 0.6 is 0 Å². The summed E-state index contributed by atoms with van der Waals surface area (Å²) in [4.78, 5) is 35.4. The monoisotopic (exact) mass is 416 g/mol. The molecular weight excluding hydrogens is 392 g/mol. The highest BCUT2D eigenvalue weighted by Gasteiger charge is 2.26. The van der Waals surface area contributed by atoms with Gasteiger partial charge in [-0.3, -0.25) is 19.7 Å². The first-order chi connectivity index (χ1) is 14.3. The highest BCUT2D eigenvalue weighted by molar-refractivity contribution is 5.79. The molecule has 0 spiro atoms. The Kier molecular flexibility index (Phi) is 8.16. The number of carbonyl (C=O) groups excluding carboxylic acids is 2. The van der Waals surface area contributed by atoms with Gasteiger partial charge in [0.25, 0.3) is 11.6 Å². The number of benzene rings is 2. The summed E-state index contributed by atoms with van der Waals surface area (Å²) in [5.41, 5.74) is 0.0113. The van der Waals surface area contributed by atoms with Crippen LogP contribution in [0.3, 0.4) is 0 Å². The Balaban J connectivity index is 2.12. The first kappa shape index (κ1) is 22.7. The summed E-state index contributed by atoms with van der Waals surface area (Å²) in [6.07, 6.45) is -0.602. The number of carbonyl (C=O) groups is 2. The highest BCUT2D eigenvalue weighted by Crippen LogP contribution is 2.27. The lowest BCUT2D eigenvalue weighted by atomic mass is 10.0. The number of para-hydroxylation sites is 1. The molecule has 0 aliphatic heterocycles. The smallest absolute Gasteiger partial charge is 0.308 e. The van der Waals surface area contributed by atoms with Crippen molar-refractivity contribution in [2.45, 2.75) is 32.4 Å². The molecule has 0 radical (unpaired) electrons. The van der Waals surface area contributed by atoms with E-state index in [1.807, 2.05) is 0 Å². The van der Waals surface area contributed by atoms with Gasteiger partial charge in [-0.15, -0.1) is 0 Å². The van der Waals surface area contributed by atoms with Gasteiger partial charge in [0, 0.05) is 6.07 Å². The average molecular weight is 416 g/mol. The Hall–Kier alpha value is -3.62. The van der Waals surface area contributed by atoms with Crippen molar-refractivity contribution < 1.29 is 28.7 Å². The summed E-state index contributed by atoms with van der Waals surface area (Å²) in [7, 11) is 1.54. The van der Waals surface area contributed by atoms with Crippen LogP contribution in [0.15, 0.2) is 48.5 Å². The molecule has 0 fully saturated rings. The van der Waals surface area contributed by atoms with Gasteiger partial charge in [-0.2, -0.15) is 0 Å². The summed E-state index contributed by atoms with van der Waals surface area (Å²) in [5.74, 6) is -0.0184. The number of nitro benzene ring substituents is 1. The fraction of sp³-hybridized carbons (Fsp3) is 0.333. The number of hydrogen-bond acceptors (Lipinski definition) is 7. The molecule has 160 valence electrons. The molecule has 9 nitrogen and oxygen atoms in total. The van der Waals surface area contributed by atoms with Crippen LogP contribution in [-0.2, 0) is 14.3 Å². The minimum Gasteiger partial charge on any atom is -0.497 e. The maximum Gasteiger partial charge on any atom is 0.308 e. The van der Waals surface area contributed by atoms with Crippen LogP contribution in [-0.4, -0.2) is 36.6 Å². The topological polar surface area (TPSA) is 117 Å². The molecule has 0 aliphatic carbocycles. The minimum absolute atomic E-state index is 0.198. The molecule has 1 atom stereocenters. The average Bonchev–Trinajstić information content (AvgIpc) is 2.71. The maximum atomic E-state index is 12.4. The summed E-state index contributed by atoms with van der Waals surface area (Å²) >= 11 is 0. The van der Waals surface area contributed by atoms with Crippen LogP contribution in [0, 0.1) is 10.1 Å². The molecule has 2 aromatic rings. The summed E-state index contributed by atoms with van der Waals surface area (Å²) in [6.45, 7) is 3.06. The molecule has 0 saturated heterocycles. The molecule has 2 aromatic carbocycles. The third-order valence-electron chi connectivity index (χ3n) is 4.01. The van der Waals surface area contributed by atoms with E-state index in [1.165, 1.54) is 25.3 Å². The zero-order chi connectivity index (χ0) is 22.1. The Labute approximate surface area is 174 Å². The Bertz CT molecular complexity index is 881. The summed E-state index contributed by atoms with van der Waals surface area (Å²) < 4.78 is 15.6. The van der Waals surface area contributed by atoms with Crippen LogP contribution in [0.2, 0.25) is 0 Å². The lowest BCUT2D eigenvalue weighted by molar-refractivity contribution is -0.385. The van der Waals surface area contributed by atoms with E-state index in [2.05, 4.69) is 5.32 Å². The number of amides is 1. The predicted molar refractivity (Wildman–Crippen MR) is 108 cm³/mol. The number of ether oxygens (including phenoxy) is 3. The Morgan fingerprint density at radius 2 is 1.70 bits per heavy atom. The lowest BCUT2D eigenvalue weighted by Gasteiger charge is -2.19. The van der Waals surface area contributed by atoms with Crippen LogP contribution < -0.4 is 14.8 Å². The normalized spacial score (nSPS) is 11.5. The summed E-state index contributed by atoms with van der Waals surface area (Å²) in [5, 5.41) is 14.0. The van der Waals surface area contributed by atoms with Gasteiger partial charge in [-0.25, -0.2) is 0 Å². The van der Waals surface area contributed by atoms with E-state index in [4.69, 9.17) is 14.2 Å². The van der Waals surface area contributed by atoms with Gasteiger partial charge in [-0.1, -0.05) is 18.2 Å². The van der Waals surface area contributed by atoms with E-state index in [0.29, 0.717) is 11.5 Å². The van der Waals surface area contributed by atoms with Crippen molar-refractivity contribution in [3.05, 3.63) is 64.2 Å². The Morgan fingerprint density at radius 1 is 1.07 bits per heavy atom. The van der Waals surface area contributed by atoms with E-state index < -0.39 is 22.8 Å². The highest BCUT2D eigenvalue weighted by atomic mass is 16.6. The van der Waals surface area contributed by atoms with Crippen LogP contribution in [0.4, 0.5) is 5.69 Å². The molecule has 0 saturated carbocycles. The third kappa shape index (κ3) is 6.77. The van der Waals surface area contributed by atoms with E-state index in [-0.39, 0.29) is 30.4 Å². The molecular formula is C21H24N2O7. The van der Waals surface area contributed by atoms with Crippen molar-refractivity contribution in [1.82, 2.24) is 5.32 Å². The molecule has 0 heterocycles. The van der Waals surface area contributed by atoms with E-state index in [0.717, 1.165) is 0 Å². The van der Waals surface area contributed by atoms with Crippen molar-refractivity contribution in [2.75, 3.05) is 13.7 Å². The van der Waals surface area contributed by atoms with Crippen molar-refractivity contribution in [3.8, 4) is 11.5 Å². The van der Waals surface area contributed by atoms with E-state index in [1.54, 1.807) is 44.2 Å². The van der Waals surface area contributed by atoms with Crippen LogP contribution in [0.25, 0.3) is 0 Å². The van der Waals surface area contributed by atoms with Crippen molar-refractivity contribution in [1.29, 1.82) is 0 Å². The largest absolute Gasteiger partial charge is 0.497 e. The van der Waals surface area contributed by atoms with Crippen LogP contribution in [0.1, 0.15) is 31.9 Å². The predicted octanol–water partition coefficient (Wildman–Crippen LogP) is 3.18. The number of hydrogen-bond donors (Lipinski definition) is 1. The second-order valence-corrected chi connectivity index (χ2v) is 6.64.